The first-order valence-electron chi connectivity index (χ1n) is 7.16. The molecular weight excluding hydrogens is 240 g/mol. The van der Waals surface area contributed by atoms with E-state index in [0.717, 1.165) is 49.8 Å². The molecule has 2 rings (SSSR count). The molecule has 104 valence electrons. The van der Waals surface area contributed by atoms with Crippen molar-refractivity contribution < 1.29 is 14.6 Å². The second kappa shape index (κ2) is 6.09. The van der Waals surface area contributed by atoms with Gasteiger partial charge in [-0.2, -0.15) is 0 Å². The SMILES string of the molecule is CCOc1ccc(C2(C(=O)O)CCCCCC2)cc1. The van der Waals surface area contributed by atoms with E-state index in [9.17, 15) is 9.90 Å². The van der Waals surface area contributed by atoms with Gasteiger partial charge in [-0.25, -0.2) is 0 Å². The lowest BCUT2D eigenvalue weighted by atomic mass is 9.74. The molecule has 1 fully saturated rings. The number of carboxylic acid groups (broad SMARTS) is 1. The fourth-order valence-corrected chi connectivity index (χ4v) is 2.99. The van der Waals surface area contributed by atoms with E-state index in [-0.39, 0.29) is 0 Å². The zero-order valence-corrected chi connectivity index (χ0v) is 11.5. The zero-order valence-electron chi connectivity index (χ0n) is 11.5. The summed E-state index contributed by atoms with van der Waals surface area (Å²) in [6.45, 7) is 2.57. The molecule has 0 heterocycles. The molecular formula is C16H22O3. The first-order valence-corrected chi connectivity index (χ1v) is 7.16. The molecule has 0 atom stereocenters. The molecule has 0 aliphatic heterocycles. The minimum Gasteiger partial charge on any atom is -0.494 e. The Kier molecular flexibility index (Phi) is 4.46. The molecule has 1 aliphatic rings. The van der Waals surface area contributed by atoms with E-state index in [4.69, 9.17) is 4.74 Å². The van der Waals surface area contributed by atoms with Crippen molar-refractivity contribution in [2.45, 2.75) is 50.9 Å². The summed E-state index contributed by atoms with van der Waals surface area (Å²) in [4.78, 5) is 11.8. The predicted octanol–water partition coefficient (Wildman–Crippen LogP) is 3.76. The molecule has 1 saturated carbocycles. The number of carboxylic acids is 1. The number of hydrogen-bond acceptors (Lipinski definition) is 2. The smallest absolute Gasteiger partial charge is 0.314 e. The van der Waals surface area contributed by atoms with Gasteiger partial charge < -0.3 is 9.84 Å². The second-order valence-electron chi connectivity index (χ2n) is 5.26. The van der Waals surface area contributed by atoms with E-state index in [1.165, 1.54) is 0 Å². The molecule has 3 nitrogen and oxygen atoms in total. The highest BCUT2D eigenvalue weighted by Crippen LogP contribution is 2.39. The van der Waals surface area contributed by atoms with Gasteiger partial charge in [0.1, 0.15) is 5.75 Å². The largest absolute Gasteiger partial charge is 0.494 e. The quantitative estimate of drug-likeness (QED) is 0.840. The average Bonchev–Trinajstić information content (AvgIpc) is 2.66. The maximum absolute atomic E-state index is 11.8. The van der Waals surface area contributed by atoms with E-state index < -0.39 is 11.4 Å². The van der Waals surface area contributed by atoms with Crippen LogP contribution < -0.4 is 4.74 Å². The number of ether oxygens (including phenoxy) is 1. The summed E-state index contributed by atoms with van der Waals surface area (Å²) in [5, 5.41) is 9.71. The lowest BCUT2D eigenvalue weighted by molar-refractivity contribution is -0.144. The van der Waals surface area contributed by atoms with Gasteiger partial charge in [-0.3, -0.25) is 4.79 Å². The Bertz CT molecular complexity index is 414. The number of benzene rings is 1. The van der Waals surface area contributed by atoms with Crippen molar-refractivity contribution in [1.29, 1.82) is 0 Å². The molecule has 1 N–H and O–H groups in total. The van der Waals surface area contributed by atoms with Gasteiger partial charge in [-0.15, -0.1) is 0 Å². The van der Waals surface area contributed by atoms with E-state index in [0.29, 0.717) is 6.61 Å². The molecule has 0 saturated heterocycles. The summed E-state index contributed by atoms with van der Waals surface area (Å²) in [6, 6.07) is 7.61. The molecule has 1 aliphatic carbocycles. The zero-order chi connectivity index (χ0) is 13.7. The highest BCUT2D eigenvalue weighted by molar-refractivity contribution is 5.81. The van der Waals surface area contributed by atoms with E-state index in [2.05, 4.69) is 0 Å². The van der Waals surface area contributed by atoms with Gasteiger partial charge in [-0.05, 0) is 37.5 Å². The van der Waals surface area contributed by atoms with Crippen LogP contribution in [0.25, 0.3) is 0 Å². The van der Waals surface area contributed by atoms with Crippen LogP contribution in [-0.2, 0) is 10.2 Å². The normalized spacial score (nSPS) is 18.6. The van der Waals surface area contributed by atoms with Gasteiger partial charge >= 0.3 is 5.97 Å². The van der Waals surface area contributed by atoms with Crippen LogP contribution in [-0.4, -0.2) is 17.7 Å². The van der Waals surface area contributed by atoms with Gasteiger partial charge in [0.25, 0.3) is 0 Å². The van der Waals surface area contributed by atoms with Gasteiger partial charge in [0.05, 0.1) is 12.0 Å². The molecule has 0 amide bonds. The van der Waals surface area contributed by atoms with Crippen LogP contribution in [0.5, 0.6) is 5.75 Å². The molecule has 19 heavy (non-hydrogen) atoms. The first kappa shape index (κ1) is 13.9. The van der Waals surface area contributed by atoms with Crippen LogP contribution >= 0.6 is 0 Å². The Morgan fingerprint density at radius 2 is 1.74 bits per heavy atom. The van der Waals surface area contributed by atoms with Crippen LogP contribution in [0, 0.1) is 0 Å². The molecule has 0 radical (unpaired) electrons. The third-order valence-electron chi connectivity index (χ3n) is 4.08. The van der Waals surface area contributed by atoms with Crippen molar-refractivity contribution in [3.05, 3.63) is 29.8 Å². The Balaban J connectivity index is 2.29. The summed E-state index contributed by atoms with van der Waals surface area (Å²) in [6.07, 6.45) is 5.78. The highest BCUT2D eigenvalue weighted by Gasteiger charge is 2.40. The van der Waals surface area contributed by atoms with E-state index in [1.807, 2.05) is 31.2 Å². The Labute approximate surface area is 114 Å². The van der Waals surface area contributed by atoms with E-state index in [1.54, 1.807) is 0 Å². The highest BCUT2D eigenvalue weighted by atomic mass is 16.5. The maximum atomic E-state index is 11.8. The van der Waals surface area contributed by atoms with Crippen molar-refractivity contribution in [1.82, 2.24) is 0 Å². The monoisotopic (exact) mass is 262 g/mol. The van der Waals surface area contributed by atoms with Crippen LogP contribution in [0.1, 0.15) is 51.0 Å². The van der Waals surface area contributed by atoms with Crippen molar-refractivity contribution in [2.24, 2.45) is 0 Å². The molecule has 0 bridgehead atoms. The minimum absolute atomic E-state index is 0.628. The summed E-state index contributed by atoms with van der Waals surface area (Å²) in [7, 11) is 0. The van der Waals surface area contributed by atoms with Crippen LogP contribution in [0.2, 0.25) is 0 Å². The summed E-state index contributed by atoms with van der Waals surface area (Å²) in [5.74, 6) is 0.124. The summed E-state index contributed by atoms with van der Waals surface area (Å²) < 4.78 is 5.42. The van der Waals surface area contributed by atoms with Gasteiger partial charge in [0.15, 0.2) is 0 Å². The van der Waals surface area contributed by atoms with Crippen molar-refractivity contribution in [3.8, 4) is 5.75 Å². The Hall–Kier alpha value is -1.51. The number of hydrogen-bond donors (Lipinski definition) is 1. The number of aliphatic carboxylic acids is 1. The lowest BCUT2D eigenvalue weighted by Gasteiger charge is -2.28. The number of carbonyl (C=O) groups is 1. The lowest BCUT2D eigenvalue weighted by Crippen LogP contribution is -2.35. The molecule has 1 aromatic carbocycles. The third-order valence-corrected chi connectivity index (χ3v) is 4.08. The predicted molar refractivity (Wildman–Crippen MR) is 74.6 cm³/mol. The number of rotatable bonds is 4. The molecule has 3 heteroatoms. The third kappa shape index (κ3) is 2.91. The second-order valence-corrected chi connectivity index (χ2v) is 5.26. The molecule has 0 spiro atoms. The van der Waals surface area contributed by atoms with Crippen LogP contribution in [0.3, 0.4) is 0 Å². The fourth-order valence-electron chi connectivity index (χ4n) is 2.99. The van der Waals surface area contributed by atoms with Gasteiger partial charge in [-0.1, -0.05) is 37.8 Å². The standard InChI is InChI=1S/C16H22O3/c1-2-19-14-9-7-13(8-10-14)16(15(17)18)11-5-3-4-6-12-16/h7-10H,2-6,11-12H2,1H3,(H,17,18). The minimum atomic E-state index is -0.693. The van der Waals surface area contributed by atoms with Crippen LogP contribution in [0.15, 0.2) is 24.3 Å². The van der Waals surface area contributed by atoms with Gasteiger partial charge in [0, 0.05) is 0 Å². The Morgan fingerprint density at radius 1 is 1.16 bits per heavy atom. The Morgan fingerprint density at radius 3 is 2.21 bits per heavy atom. The summed E-state index contributed by atoms with van der Waals surface area (Å²) >= 11 is 0. The molecule has 1 aromatic rings. The fraction of sp³-hybridized carbons (Fsp3) is 0.562. The van der Waals surface area contributed by atoms with Crippen LogP contribution in [0.4, 0.5) is 0 Å². The van der Waals surface area contributed by atoms with Crippen molar-refractivity contribution in [2.75, 3.05) is 6.61 Å². The van der Waals surface area contributed by atoms with Gasteiger partial charge in [0.2, 0.25) is 0 Å². The average molecular weight is 262 g/mol. The summed E-state index contributed by atoms with van der Waals surface area (Å²) in [5.41, 5.74) is 0.228. The van der Waals surface area contributed by atoms with Crippen molar-refractivity contribution >= 4 is 5.97 Å². The van der Waals surface area contributed by atoms with Crippen molar-refractivity contribution in [3.63, 3.8) is 0 Å². The first-order chi connectivity index (χ1) is 9.19. The van der Waals surface area contributed by atoms with E-state index >= 15 is 0 Å². The maximum Gasteiger partial charge on any atom is 0.314 e. The topological polar surface area (TPSA) is 46.5 Å². The molecule has 0 aromatic heterocycles. The molecule has 0 unspecified atom stereocenters.